The molecule has 116 valence electrons. The Kier molecular flexibility index (Phi) is 3.83. The van der Waals surface area contributed by atoms with Gasteiger partial charge in [0.1, 0.15) is 17.4 Å². The molecule has 0 unspecified atom stereocenters. The summed E-state index contributed by atoms with van der Waals surface area (Å²) in [6.45, 7) is 6.09. The Balaban J connectivity index is 2.30. The average molecular weight is 300 g/mol. The molecule has 0 aromatic carbocycles. The van der Waals surface area contributed by atoms with Crippen molar-refractivity contribution in [1.29, 1.82) is 0 Å². The van der Waals surface area contributed by atoms with Crippen LogP contribution in [0.4, 0.5) is 0 Å². The molecule has 6 nitrogen and oxygen atoms in total. The van der Waals surface area contributed by atoms with Crippen molar-refractivity contribution in [2.75, 3.05) is 0 Å². The van der Waals surface area contributed by atoms with Crippen LogP contribution in [0, 0.1) is 5.21 Å². The molecule has 0 N–H and O–H groups in total. The molecule has 0 radical (unpaired) electrons. The molecule has 3 rings (SSSR count). The van der Waals surface area contributed by atoms with Gasteiger partial charge in [-0.2, -0.15) is 9.46 Å². The van der Waals surface area contributed by atoms with E-state index in [4.69, 9.17) is 4.84 Å². The van der Waals surface area contributed by atoms with Gasteiger partial charge in [0.15, 0.2) is 11.0 Å². The summed E-state index contributed by atoms with van der Waals surface area (Å²) in [6, 6.07) is 3.51. The van der Waals surface area contributed by atoms with Crippen molar-refractivity contribution < 1.29 is 9.57 Å². The zero-order valence-corrected chi connectivity index (χ0v) is 13.1. The van der Waals surface area contributed by atoms with Crippen LogP contribution in [0.3, 0.4) is 0 Å². The predicted molar refractivity (Wildman–Crippen MR) is 84.3 cm³/mol. The Morgan fingerprint density at radius 3 is 2.95 bits per heavy atom. The van der Waals surface area contributed by atoms with Gasteiger partial charge in [-0.1, -0.05) is 13.3 Å². The maximum Gasteiger partial charge on any atom is 0.244 e. The minimum Gasteiger partial charge on any atom is -0.618 e. The van der Waals surface area contributed by atoms with E-state index >= 15 is 0 Å². The normalized spacial score (nSPS) is 11.6. The van der Waals surface area contributed by atoms with Crippen LogP contribution >= 0.6 is 0 Å². The van der Waals surface area contributed by atoms with E-state index in [2.05, 4.69) is 16.9 Å². The first-order valence-electron chi connectivity index (χ1n) is 7.67. The molecule has 3 aromatic rings. The summed E-state index contributed by atoms with van der Waals surface area (Å²) in [7, 11) is 0. The zero-order valence-electron chi connectivity index (χ0n) is 13.1. The highest BCUT2D eigenvalue weighted by Gasteiger charge is 2.20. The maximum atomic E-state index is 12.1. The monoisotopic (exact) mass is 300 g/mol. The number of unbranched alkanes of at least 4 members (excludes halogenated alkanes) is 1. The van der Waals surface area contributed by atoms with Crippen LogP contribution in [0.1, 0.15) is 39.4 Å². The third-order valence-electron chi connectivity index (χ3n) is 3.49. The predicted octanol–water partition coefficient (Wildman–Crippen LogP) is 2.40. The Morgan fingerprint density at radius 1 is 1.41 bits per heavy atom. The number of nitrogens with zero attached hydrogens (tertiary/aromatic N) is 4. The lowest BCUT2D eigenvalue weighted by molar-refractivity contribution is -0.575. The highest BCUT2D eigenvalue weighted by atomic mass is 16.7. The minimum absolute atomic E-state index is 0.0103. The third kappa shape index (κ3) is 2.45. The van der Waals surface area contributed by atoms with Gasteiger partial charge in [-0.25, -0.2) is 9.97 Å². The van der Waals surface area contributed by atoms with Crippen molar-refractivity contribution in [3.63, 3.8) is 0 Å². The third-order valence-corrected chi connectivity index (χ3v) is 3.49. The van der Waals surface area contributed by atoms with Gasteiger partial charge in [-0.05, 0) is 26.3 Å². The summed E-state index contributed by atoms with van der Waals surface area (Å²) in [6.07, 6.45) is 6.09. The van der Waals surface area contributed by atoms with E-state index in [1.807, 2.05) is 13.8 Å². The van der Waals surface area contributed by atoms with Crippen LogP contribution in [-0.2, 0) is 6.42 Å². The van der Waals surface area contributed by atoms with Gasteiger partial charge in [0.25, 0.3) is 0 Å². The highest BCUT2D eigenvalue weighted by molar-refractivity contribution is 5.97. The van der Waals surface area contributed by atoms with Crippen molar-refractivity contribution in [1.82, 2.24) is 14.7 Å². The van der Waals surface area contributed by atoms with Gasteiger partial charge in [-0.15, -0.1) is 0 Å². The lowest BCUT2D eigenvalue weighted by Crippen LogP contribution is -2.27. The van der Waals surface area contributed by atoms with Gasteiger partial charge < -0.3 is 10.0 Å². The molecule has 0 saturated carbocycles. The van der Waals surface area contributed by atoms with Crippen LogP contribution in [0.2, 0.25) is 0 Å². The molecule has 0 aliphatic carbocycles. The molecule has 0 fully saturated rings. The largest absolute Gasteiger partial charge is 0.618 e. The Labute approximate surface area is 128 Å². The van der Waals surface area contributed by atoms with Gasteiger partial charge in [0.05, 0.1) is 0 Å². The van der Waals surface area contributed by atoms with Crippen molar-refractivity contribution in [3.05, 3.63) is 35.6 Å². The molecule has 0 atom stereocenters. The average Bonchev–Trinajstić information content (AvgIpc) is 2.82. The van der Waals surface area contributed by atoms with E-state index < -0.39 is 0 Å². The first-order chi connectivity index (χ1) is 10.6. The van der Waals surface area contributed by atoms with E-state index in [-0.39, 0.29) is 6.10 Å². The number of pyridine rings is 2. The lowest BCUT2D eigenvalue weighted by Gasteiger charge is -2.14. The van der Waals surface area contributed by atoms with E-state index in [1.54, 1.807) is 23.1 Å². The Morgan fingerprint density at radius 2 is 2.23 bits per heavy atom. The van der Waals surface area contributed by atoms with Gasteiger partial charge in [0.2, 0.25) is 11.7 Å². The molecule has 22 heavy (non-hydrogen) atoms. The van der Waals surface area contributed by atoms with E-state index in [0.717, 1.165) is 35.3 Å². The van der Waals surface area contributed by atoms with Crippen LogP contribution in [0.15, 0.2) is 24.5 Å². The minimum atomic E-state index is 0.0103. The van der Waals surface area contributed by atoms with E-state index in [9.17, 15) is 5.21 Å². The number of aromatic nitrogens is 4. The van der Waals surface area contributed by atoms with Crippen molar-refractivity contribution in [3.8, 4) is 0 Å². The highest BCUT2D eigenvalue weighted by Crippen LogP contribution is 2.22. The van der Waals surface area contributed by atoms with Crippen LogP contribution in [0.5, 0.6) is 0 Å². The number of fused-ring (bicyclic) bond motifs is 3. The number of hydrogen-bond acceptors (Lipinski definition) is 4. The maximum absolute atomic E-state index is 12.1. The lowest BCUT2D eigenvalue weighted by atomic mass is 10.2. The van der Waals surface area contributed by atoms with Gasteiger partial charge in [0, 0.05) is 18.7 Å². The van der Waals surface area contributed by atoms with Gasteiger partial charge >= 0.3 is 0 Å². The van der Waals surface area contributed by atoms with Crippen LogP contribution in [0.25, 0.3) is 22.1 Å². The number of rotatable bonds is 5. The molecule has 0 bridgehead atoms. The second kappa shape index (κ2) is 5.79. The topological polar surface area (TPSA) is 66.9 Å². The molecule has 0 aliphatic rings. The van der Waals surface area contributed by atoms with Crippen molar-refractivity contribution >= 4 is 22.1 Å². The summed E-state index contributed by atoms with van der Waals surface area (Å²) in [5.41, 5.74) is 2.52. The second-order valence-electron chi connectivity index (χ2n) is 5.64. The van der Waals surface area contributed by atoms with E-state index in [1.165, 1.54) is 6.20 Å². The summed E-state index contributed by atoms with van der Waals surface area (Å²) >= 11 is 0. The summed E-state index contributed by atoms with van der Waals surface area (Å²) in [5.74, 6) is 0.837. The fraction of sp³-hybridized carbons (Fsp3) is 0.438. The summed E-state index contributed by atoms with van der Waals surface area (Å²) in [4.78, 5) is 14.9. The number of imidazole rings is 1. The first-order valence-corrected chi connectivity index (χ1v) is 7.67. The van der Waals surface area contributed by atoms with Gasteiger partial charge in [-0.3, -0.25) is 0 Å². The Hall–Kier alpha value is -2.37. The first kappa shape index (κ1) is 14.6. The summed E-state index contributed by atoms with van der Waals surface area (Å²) < 4.78 is 2.58. The molecule has 3 heterocycles. The van der Waals surface area contributed by atoms with Crippen molar-refractivity contribution in [2.45, 2.75) is 46.1 Å². The second-order valence-corrected chi connectivity index (χ2v) is 5.64. The molecular formula is C16H20N4O2. The molecule has 0 amide bonds. The molecule has 0 spiro atoms. The molecular weight excluding hydrogens is 280 g/mol. The molecule has 0 aliphatic heterocycles. The smallest absolute Gasteiger partial charge is 0.244 e. The van der Waals surface area contributed by atoms with Crippen LogP contribution in [-0.4, -0.2) is 20.8 Å². The van der Waals surface area contributed by atoms with E-state index in [0.29, 0.717) is 16.6 Å². The molecule has 3 aromatic heterocycles. The standard InChI is InChI=1S/C16H20N4O2/c1-4-5-8-14-18-12-10-19(21)13-7-6-9-17-15(13)16(12)20(14)22-11(2)3/h6-7,9-11H,4-5,8H2,1-3H3. The quantitative estimate of drug-likeness (QED) is 0.536. The summed E-state index contributed by atoms with van der Waals surface area (Å²) in [5, 5.41) is 12.1. The van der Waals surface area contributed by atoms with Crippen LogP contribution < -0.4 is 9.57 Å². The molecule has 6 heteroatoms. The molecule has 0 saturated heterocycles. The number of hydrogen-bond donors (Lipinski definition) is 0. The zero-order chi connectivity index (χ0) is 15.7. The van der Waals surface area contributed by atoms with Crippen molar-refractivity contribution in [2.24, 2.45) is 0 Å². The SMILES string of the molecule is CCCCc1nc2c[n+]([O-])c3cccnc3c2n1OC(C)C. The fourth-order valence-corrected chi connectivity index (χ4v) is 2.53. The number of aryl methyl sites for hydroxylation is 1. The Bertz CT molecular complexity index is 811. The fourth-order valence-electron chi connectivity index (χ4n) is 2.53.